The predicted molar refractivity (Wildman–Crippen MR) is 62.2 cm³/mol. The summed E-state index contributed by atoms with van der Waals surface area (Å²) in [4.78, 5) is 0. The molecule has 0 amide bonds. The molecule has 1 N–H and O–H groups in total. The van der Waals surface area contributed by atoms with Gasteiger partial charge in [-0.2, -0.15) is 0 Å². The van der Waals surface area contributed by atoms with E-state index in [1.807, 2.05) is 0 Å². The summed E-state index contributed by atoms with van der Waals surface area (Å²) in [6.45, 7) is 6.23. The van der Waals surface area contributed by atoms with Crippen molar-refractivity contribution in [3.63, 3.8) is 0 Å². The summed E-state index contributed by atoms with van der Waals surface area (Å²) < 4.78 is 5.48. The first kappa shape index (κ1) is 10.5. The maximum Gasteiger partial charge on any atom is 0.122 e. The topological polar surface area (TPSA) is 21.3 Å². The van der Waals surface area contributed by atoms with Crippen molar-refractivity contribution in [2.75, 3.05) is 6.61 Å². The van der Waals surface area contributed by atoms with Crippen LogP contribution < -0.4 is 10.1 Å². The molecule has 0 saturated heterocycles. The molecule has 0 saturated carbocycles. The zero-order valence-corrected chi connectivity index (χ0v) is 9.55. The molecule has 2 heteroatoms. The number of fused-ring (bicyclic) bond motifs is 1. The van der Waals surface area contributed by atoms with Crippen molar-refractivity contribution >= 4 is 0 Å². The number of hydrogen-bond donors (Lipinski definition) is 1. The molecule has 0 radical (unpaired) electrons. The van der Waals surface area contributed by atoms with E-state index in [1.165, 1.54) is 17.5 Å². The second-order valence-corrected chi connectivity index (χ2v) is 4.23. The monoisotopic (exact) mass is 205 g/mol. The van der Waals surface area contributed by atoms with Gasteiger partial charge in [-0.1, -0.05) is 19.1 Å². The molecule has 0 bridgehead atoms. The van der Waals surface area contributed by atoms with Crippen LogP contribution in [0, 0.1) is 0 Å². The Hall–Kier alpha value is -1.02. The Labute approximate surface area is 91.6 Å². The molecule has 1 unspecified atom stereocenters. The first-order chi connectivity index (χ1) is 7.29. The molecule has 2 rings (SSSR count). The van der Waals surface area contributed by atoms with Crippen LogP contribution in [0.2, 0.25) is 0 Å². The van der Waals surface area contributed by atoms with Crippen molar-refractivity contribution in [1.82, 2.24) is 5.32 Å². The third-order valence-electron chi connectivity index (χ3n) is 3.02. The minimum atomic E-state index is 0.592. The van der Waals surface area contributed by atoms with Crippen LogP contribution in [-0.4, -0.2) is 12.6 Å². The quantitative estimate of drug-likeness (QED) is 0.815. The average molecular weight is 205 g/mol. The number of benzene rings is 1. The van der Waals surface area contributed by atoms with Gasteiger partial charge < -0.3 is 10.1 Å². The summed E-state index contributed by atoms with van der Waals surface area (Å²) in [6.07, 6.45) is 2.24. The van der Waals surface area contributed by atoms with Gasteiger partial charge in [-0.25, -0.2) is 0 Å². The van der Waals surface area contributed by atoms with E-state index in [1.54, 1.807) is 0 Å². The minimum absolute atomic E-state index is 0.592. The molecule has 1 heterocycles. The van der Waals surface area contributed by atoms with Crippen LogP contribution in [0.3, 0.4) is 0 Å². The third kappa shape index (κ3) is 2.51. The fourth-order valence-corrected chi connectivity index (χ4v) is 1.79. The van der Waals surface area contributed by atoms with Crippen molar-refractivity contribution in [1.29, 1.82) is 0 Å². The van der Waals surface area contributed by atoms with Crippen LogP contribution in [0.5, 0.6) is 5.75 Å². The number of hydrogen-bond acceptors (Lipinski definition) is 2. The SMILES string of the molecule is CCC(C)NCc1ccc2c(c1)CCO2. The molecule has 1 aromatic rings. The molecule has 1 aromatic carbocycles. The summed E-state index contributed by atoms with van der Waals surface area (Å²) in [5.41, 5.74) is 2.72. The highest BCUT2D eigenvalue weighted by Gasteiger charge is 2.11. The van der Waals surface area contributed by atoms with E-state index in [9.17, 15) is 0 Å². The molecule has 1 aliphatic rings. The molecule has 0 aromatic heterocycles. The van der Waals surface area contributed by atoms with Gasteiger partial charge in [0.1, 0.15) is 5.75 Å². The lowest BCUT2D eigenvalue weighted by Gasteiger charge is -2.11. The Kier molecular flexibility index (Phi) is 3.27. The van der Waals surface area contributed by atoms with Crippen molar-refractivity contribution in [3.8, 4) is 5.75 Å². The number of nitrogens with one attached hydrogen (secondary N) is 1. The Morgan fingerprint density at radius 2 is 2.33 bits per heavy atom. The molecule has 1 atom stereocenters. The fourth-order valence-electron chi connectivity index (χ4n) is 1.79. The minimum Gasteiger partial charge on any atom is -0.493 e. The molecule has 82 valence electrons. The van der Waals surface area contributed by atoms with Crippen LogP contribution in [0.4, 0.5) is 0 Å². The van der Waals surface area contributed by atoms with Crippen molar-refractivity contribution in [2.45, 2.75) is 39.3 Å². The Morgan fingerprint density at radius 3 is 3.13 bits per heavy atom. The maximum absolute atomic E-state index is 5.48. The first-order valence-electron chi connectivity index (χ1n) is 5.77. The van der Waals surface area contributed by atoms with Crippen LogP contribution >= 0.6 is 0 Å². The summed E-state index contributed by atoms with van der Waals surface area (Å²) in [5, 5.41) is 3.50. The standard InChI is InChI=1S/C13H19NO/c1-3-10(2)14-9-11-4-5-13-12(8-11)6-7-15-13/h4-5,8,10,14H,3,6-7,9H2,1-2H3. The van der Waals surface area contributed by atoms with Crippen molar-refractivity contribution in [3.05, 3.63) is 29.3 Å². The third-order valence-corrected chi connectivity index (χ3v) is 3.02. The number of ether oxygens (including phenoxy) is 1. The Balaban J connectivity index is 1.98. The molecule has 0 spiro atoms. The van der Waals surface area contributed by atoms with Gasteiger partial charge in [-0.3, -0.25) is 0 Å². The van der Waals surface area contributed by atoms with Crippen LogP contribution in [0.15, 0.2) is 18.2 Å². The lowest BCUT2D eigenvalue weighted by molar-refractivity contribution is 0.357. The van der Waals surface area contributed by atoms with Gasteiger partial charge in [0.2, 0.25) is 0 Å². The Bertz CT molecular complexity index is 335. The van der Waals surface area contributed by atoms with Gasteiger partial charge in [0.25, 0.3) is 0 Å². The highest BCUT2D eigenvalue weighted by molar-refractivity contribution is 5.39. The molecule has 1 aliphatic heterocycles. The lowest BCUT2D eigenvalue weighted by atomic mass is 10.1. The number of rotatable bonds is 4. The maximum atomic E-state index is 5.48. The summed E-state index contributed by atoms with van der Waals surface area (Å²) in [7, 11) is 0. The molecule has 0 fully saturated rings. The summed E-state index contributed by atoms with van der Waals surface area (Å²) in [5.74, 6) is 1.07. The Morgan fingerprint density at radius 1 is 1.47 bits per heavy atom. The van der Waals surface area contributed by atoms with Crippen LogP contribution in [0.1, 0.15) is 31.4 Å². The van der Waals surface area contributed by atoms with Gasteiger partial charge in [0.15, 0.2) is 0 Å². The van der Waals surface area contributed by atoms with E-state index in [2.05, 4.69) is 37.4 Å². The molecule has 2 nitrogen and oxygen atoms in total. The van der Waals surface area contributed by atoms with Crippen LogP contribution in [-0.2, 0) is 13.0 Å². The van der Waals surface area contributed by atoms with Gasteiger partial charge in [0.05, 0.1) is 6.61 Å². The zero-order valence-electron chi connectivity index (χ0n) is 9.55. The first-order valence-corrected chi connectivity index (χ1v) is 5.77. The molecule has 0 aliphatic carbocycles. The smallest absolute Gasteiger partial charge is 0.122 e. The second kappa shape index (κ2) is 4.67. The summed E-state index contributed by atoms with van der Waals surface area (Å²) in [6, 6.07) is 7.10. The van der Waals surface area contributed by atoms with E-state index >= 15 is 0 Å². The summed E-state index contributed by atoms with van der Waals surface area (Å²) >= 11 is 0. The normalized spacial score (nSPS) is 15.9. The average Bonchev–Trinajstić information content (AvgIpc) is 2.72. The predicted octanol–water partition coefficient (Wildman–Crippen LogP) is 2.51. The van der Waals surface area contributed by atoms with E-state index < -0.39 is 0 Å². The van der Waals surface area contributed by atoms with E-state index in [0.29, 0.717) is 6.04 Å². The van der Waals surface area contributed by atoms with E-state index in [0.717, 1.165) is 25.3 Å². The zero-order chi connectivity index (χ0) is 10.7. The highest BCUT2D eigenvalue weighted by atomic mass is 16.5. The fraction of sp³-hybridized carbons (Fsp3) is 0.538. The van der Waals surface area contributed by atoms with E-state index in [4.69, 9.17) is 4.74 Å². The second-order valence-electron chi connectivity index (χ2n) is 4.23. The van der Waals surface area contributed by atoms with Crippen LogP contribution in [0.25, 0.3) is 0 Å². The molecular formula is C13H19NO. The highest BCUT2D eigenvalue weighted by Crippen LogP contribution is 2.25. The van der Waals surface area contributed by atoms with Gasteiger partial charge in [-0.15, -0.1) is 0 Å². The molecular weight excluding hydrogens is 186 g/mol. The van der Waals surface area contributed by atoms with E-state index in [-0.39, 0.29) is 0 Å². The van der Waals surface area contributed by atoms with Gasteiger partial charge >= 0.3 is 0 Å². The lowest BCUT2D eigenvalue weighted by Crippen LogP contribution is -2.24. The molecule has 15 heavy (non-hydrogen) atoms. The van der Waals surface area contributed by atoms with Gasteiger partial charge in [-0.05, 0) is 30.5 Å². The van der Waals surface area contributed by atoms with Crippen molar-refractivity contribution < 1.29 is 4.74 Å². The largest absolute Gasteiger partial charge is 0.493 e. The van der Waals surface area contributed by atoms with Crippen molar-refractivity contribution in [2.24, 2.45) is 0 Å². The van der Waals surface area contributed by atoms with Gasteiger partial charge in [0, 0.05) is 19.0 Å².